The third-order valence-electron chi connectivity index (χ3n) is 8.56. The molecule has 3 aliphatic rings. The minimum atomic E-state index is -0.938. The Labute approximate surface area is 175 Å². The number of ether oxygens (including phenoxy) is 2. The van der Waals surface area contributed by atoms with Crippen molar-refractivity contribution in [1.82, 2.24) is 0 Å². The number of carbonyl (C=O) groups excluding carboxylic acids is 1. The number of alkyl halides is 1. The van der Waals surface area contributed by atoms with Crippen molar-refractivity contribution in [3.05, 3.63) is 0 Å². The van der Waals surface area contributed by atoms with E-state index in [1.54, 1.807) is 7.11 Å². The lowest BCUT2D eigenvalue weighted by Crippen LogP contribution is -2.43. The fourth-order valence-corrected chi connectivity index (χ4v) is 7.49. The van der Waals surface area contributed by atoms with E-state index in [0.717, 1.165) is 25.7 Å². The molecule has 0 aromatic rings. The minimum Gasteiger partial charge on any atom is -0.462 e. The van der Waals surface area contributed by atoms with E-state index in [-0.39, 0.29) is 40.3 Å². The van der Waals surface area contributed by atoms with Crippen LogP contribution in [0.3, 0.4) is 0 Å². The molecule has 3 rings (SSSR count). The maximum atomic E-state index is 11.8. The van der Waals surface area contributed by atoms with E-state index in [9.17, 15) is 9.90 Å². The molecule has 0 aromatic heterocycles. The molecule has 0 radical (unpaired) electrons. The summed E-state index contributed by atoms with van der Waals surface area (Å²) in [5.41, 5.74) is -1.08. The van der Waals surface area contributed by atoms with Crippen LogP contribution in [0, 0.1) is 34.5 Å². The molecule has 5 heteroatoms. The number of esters is 1. The van der Waals surface area contributed by atoms with Crippen LogP contribution in [-0.2, 0) is 14.3 Å². The van der Waals surface area contributed by atoms with Crippen LogP contribution in [-0.4, -0.2) is 41.4 Å². The predicted molar refractivity (Wildman–Crippen MR) is 111 cm³/mol. The van der Waals surface area contributed by atoms with E-state index in [4.69, 9.17) is 21.1 Å². The van der Waals surface area contributed by atoms with Gasteiger partial charge in [-0.15, -0.1) is 11.6 Å². The Morgan fingerprint density at radius 2 is 1.75 bits per heavy atom. The van der Waals surface area contributed by atoms with E-state index in [1.807, 2.05) is 6.92 Å². The fourth-order valence-electron chi connectivity index (χ4n) is 7.23. The fraction of sp³-hybridized carbons (Fsp3) is 0.957. The third kappa shape index (κ3) is 3.74. The number of fused-ring (bicyclic) bond motifs is 2. The van der Waals surface area contributed by atoms with Gasteiger partial charge in [-0.05, 0) is 68.1 Å². The highest BCUT2D eigenvalue weighted by Crippen LogP contribution is 2.63. The van der Waals surface area contributed by atoms with Gasteiger partial charge in [-0.1, -0.05) is 27.7 Å². The first-order valence-corrected chi connectivity index (χ1v) is 11.3. The molecular formula is C23H39ClO4. The predicted octanol–water partition coefficient (Wildman–Crippen LogP) is 4.80. The average molecular weight is 415 g/mol. The number of hydrogen-bond donors (Lipinski definition) is 1. The first-order chi connectivity index (χ1) is 12.8. The average Bonchev–Trinajstić information content (AvgIpc) is 2.92. The first-order valence-electron chi connectivity index (χ1n) is 10.9. The molecule has 3 aliphatic carbocycles. The second-order valence-corrected chi connectivity index (χ2v) is 11.7. The normalized spacial score (nSPS) is 50.8. The van der Waals surface area contributed by atoms with E-state index >= 15 is 0 Å². The summed E-state index contributed by atoms with van der Waals surface area (Å²) < 4.78 is 11.7. The van der Waals surface area contributed by atoms with Gasteiger partial charge in [0, 0.05) is 19.4 Å². The zero-order valence-electron chi connectivity index (χ0n) is 18.6. The molecular weight excluding hydrogens is 376 g/mol. The Kier molecular flexibility index (Phi) is 5.93. The van der Waals surface area contributed by atoms with Gasteiger partial charge in [0.2, 0.25) is 0 Å². The molecule has 0 amide bonds. The van der Waals surface area contributed by atoms with Crippen molar-refractivity contribution in [2.75, 3.05) is 7.11 Å². The molecule has 1 N–H and O–H groups in total. The zero-order chi connectivity index (χ0) is 21.1. The highest BCUT2D eigenvalue weighted by molar-refractivity contribution is 6.21. The standard InChI is InChI=1S/C23H39ClO4/c1-13-8-15-10-22(5)12-19(28-14(2)25)21(3,4)17(22)9-18(24)23(6,26)11-16(15)20(13)27-7/h13,15-20,26H,8-12H2,1-7H3/t13-,15-,16+,17+,18+,19-,20+,22-,23-/m0/s1. The van der Waals surface area contributed by atoms with E-state index in [2.05, 4.69) is 27.7 Å². The van der Waals surface area contributed by atoms with Crippen LogP contribution in [0.1, 0.15) is 73.6 Å². The van der Waals surface area contributed by atoms with Gasteiger partial charge in [-0.3, -0.25) is 4.79 Å². The summed E-state index contributed by atoms with van der Waals surface area (Å²) in [4.78, 5) is 11.8. The maximum absolute atomic E-state index is 11.8. The molecule has 9 atom stereocenters. The number of halogens is 1. The summed E-state index contributed by atoms with van der Waals surface area (Å²) >= 11 is 6.89. The monoisotopic (exact) mass is 414 g/mol. The molecule has 0 unspecified atom stereocenters. The summed E-state index contributed by atoms with van der Waals surface area (Å²) in [5, 5.41) is 11.0. The maximum Gasteiger partial charge on any atom is 0.302 e. The van der Waals surface area contributed by atoms with Crippen LogP contribution >= 0.6 is 11.6 Å². The second kappa shape index (κ2) is 7.42. The van der Waals surface area contributed by atoms with Crippen molar-refractivity contribution in [1.29, 1.82) is 0 Å². The van der Waals surface area contributed by atoms with Gasteiger partial charge in [-0.2, -0.15) is 0 Å². The summed E-state index contributed by atoms with van der Waals surface area (Å²) in [6, 6.07) is 0. The van der Waals surface area contributed by atoms with Gasteiger partial charge in [0.05, 0.1) is 17.1 Å². The van der Waals surface area contributed by atoms with E-state index in [0.29, 0.717) is 24.2 Å². The molecule has 0 aliphatic heterocycles. The molecule has 3 saturated carbocycles. The Hall–Kier alpha value is -0.320. The highest BCUT2D eigenvalue weighted by Gasteiger charge is 2.60. The molecule has 0 spiro atoms. The lowest BCUT2D eigenvalue weighted by Gasteiger charge is -2.41. The van der Waals surface area contributed by atoms with Crippen LogP contribution < -0.4 is 0 Å². The van der Waals surface area contributed by atoms with Crippen LogP contribution in [0.5, 0.6) is 0 Å². The van der Waals surface area contributed by atoms with Crippen LogP contribution in [0.2, 0.25) is 0 Å². The highest BCUT2D eigenvalue weighted by atomic mass is 35.5. The van der Waals surface area contributed by atoms with Crippen LogP contribution in [0.4, 0.5) is 0 Å². The van der Waals surface area contributed by atoms with Gasteiger partial charge in [0.25, 0.3) is 0 Å². The number of aliphatic hydroxyl groups is 1. The summed E-state index contributed by atoms with van der Waals surface area (Å²) in [7, 11) is 1.79. The first kappa shape index (κ1) is 22.4. The quantitative estimate of drug-likeness (QED) is 0.520. The number of carbonyl (C=O) groups is 1. The summed E-state index contributed by atoms with van der Waals surface area (Å²) in [6.07, 6.45) is 4.54. The van der Waals surface area contributed by atoms with Gasteiger partial charge in [0.1, 0.15) is 6.10 Å². The molecule has 0 aromatic carbocycles. The molecule has 0 bridgehead atoms. The third-order valence-corrected chi connectivity index (χ3v) is 9.21. The molecule has 162 valence electrons. The molecule has 0 saturated heterocycles. The number of rotatable bonds is 2. The van der Waals surface area contributed by atoms with Crippen molar-refractivity contribution < 1.29 is 19.4 Å². The minimum absolute atomic E-state index is 0.0302. The van der Waals surface area contributed by atoms with Crippen molar-refractivity contribution in [2.24, 2.45) is 34.5 Å². The molecule has 28 heavy (non-hydrogen) atoms. The zero-order valence-corrected chi connectivity index (χ0v) is 19.4. The van der Waals surface area contributed by atoms with Crippen molar-refractivity contribution >= 4 is 17.6 Å². The van der Waals surface area contributed by atoms with E-state index in [1.165, 1.54) is 6.92 Å². The van der Waals surface area contributed by atoms with E-state index < -0.39 is 5.60 Å². The van der Waals surface area contributed by atoms with Crippen molar-refractivity contribution in [3.63, 3.8) is 0 Å². The number of hydrogen-bond acceptors (Lipinski definition) is 4. The van der Waals surface area contributed by atoms with Gasteiger partial charge in [0.15, 0.2) is 0 Å². The Balaban J connectivity index is 2.01. The Morgan fingerprint density at radius 3 is 2.32 bits per heavy atom. The van der Waals surface area contributed by atoms with Gasteiger partial charge in [-0.25, -0.2) is 0 Å². The smallest absolute Gasteiger partial charge is 0.302 e. The molecule has 4 nitrogen and oxygen atoms in total. The van der Waals surface area contributed by atoms with Crippen LogP contribution in [0.25, 0.3) is 0 Å². The molecule has 0 heterocycles. The second-order valence-electron chi connectivity index (χ2n) is 11.1. The van der Waals surface area contributed by atoms with Crippen LogP contribution in [0.15, 0.2) is 0 Å². The van der Waals surface area contributed by atoms with Crippen molar-refractivity contribution in [3.8, 4) is 0 Å². The lowest BCUT2D eigenvalue weighted by molar-refractivity contribution is -0.151. The largest absolute Gasteiger partial charge is 0.462 e. The van der Waals surface area contributed by atoms with Gasteiger partial charge < -0.3 is 14.6 Å². The summed E-state index contributed by atoms with van der Waals surface area (Å²) in [5.74, 6) is 1.35. The number of methoxy groups -OCH3 is 1. The topological polar surface area (TPSA) is 55.8 Å². The van der Waals surface area contributed by atoms with Crippen molar-refractivity contribution in [2.45, 2.75) is 96.8 Å². The lowest BCUT2D eigenvalue weighted by atomic mass is 9.65. The van der Waals surface area contributed by atoms with Gasteiger partial charge >= 0.3 is 5.97 Å². The Morgan fingerprint density at radius 1 is 1.11 bits per heavy atom. The Bertz CT molecular complexity index is 603. The summed E-state index contributed by atoms with van der Waals surface area (Å²) in [6.45, 7) is 12.4. The molecule has 3 fully saturated rings. The SMILES string of the molecule is CO[C@H]1[C@@H]2C[C@](C)(O)[C@H](Cl)C[C@@H]3C(C)(C)[C@@H](OC(C)=O)C[C@]3(C)C[C@@H]2C[C@@H]1C.